The predicted octanol–water partition coefficient (Wildman–Crippen LogP) is 4.79. The van der Waals surface area contributed by atoms with E-state index in [4.69, 9.17) is 0 Å². The van der Waals surface area contributed by atoms with Crippen molar-refractivity contribution in [2.75, 3.05) is 0 Å². The van der Waals surface area contributed by atoms with Gasteiger partial charge in [-0.2, -0.15) is 39.5 Å². The van der Waals surface area contributed by atoms with Crippen LogP contribution in [-0.4, -0.2) is 23.6 Å². The second-order valence-corrected chi connectivity index (χ2v) is 3.47. The number of cyclic esters (lactones) is 2. The first-order valence-electron chi connectivity index (χ1n) is 4.31. The summed E-state index contributed by atoms with van der Waals surface area (Å²) in [6, 6.07) is 0. The van der Waals surface area contributed by atoms with Gasteiger partial charge in [0.25, 0.3) is 5.83 Å². The van der Waals surface area contributed by atoms with Gasteiger partial charge in [-0.1, -0.05) is 0 Å². The van der Waals surface area contributed by atoms with Crippen molar-refractivity contribution >= 4 is 17.8 Å². The Morgan fingerprint density at radius 1 is 1.14 bits per heavy atom. The number of alkyl halides is 7. The third-order valence-corrected chi connectivity index (χ3v) is 1.79. The summed E-state index contributed by atoms with van der Waals surface area (Å²) in [7, 11) is 0. The Morgan fingerprint density at radius 2 is 1.62 bits per heavy atom. The first-order valence-corrected chi connectivity index (χ1v) is 4.69. The lowest BCUT2D eigenvalue weighted by Crippen LogP contribution is -2.40. The number of carbonyl (C=O) groups is 1. The molecule has 3 nitrogen and oxygen atoms in total. The summed E-state index contributed by atoms with van der Waals surface area (Å²) in [5.41, 5.74) is 0. The van der Waals surface area contributed by atoms with Crippen molar-refractivity contribution in [3.05, 3.63) is 24.2 Å². The van der Waals surface area contributed by atoms with E-state index in [0.717, 1.165) is 0 Å². The molecule has 1 aliphatic heterocycles. The summed E-state index contributed by atoms with van der Waals surface area (Å²) in [5, 5.41) is -3.89. The monoisotopic (exact) mass is 352 g/mol. The molecule has 0 aromatic heterocycles. The summed E-state index contributed by atoms with van der Waals surface area (Å²) in [4.78, 5) is 10.2. The van der Waals surface area contributed by atoms with E-state index in [2.05, 4.69) is 21.1 Å². The molecular formula is C8H2ClF9O3. The average Bonchev–Trinajstić information content (AvgIpc) is 2.33. The van der Waals surface area contributed by atoms with Crippen molar-refractivity contribution in [1.29, 1.82) is 0 Å². The van der Waals surface area contributed by atoms with Crippen LogP contribution in [0.5, 0.6) is 0 Å². The summed E-state index contributed by atoms with van der Waals surface area (Å²) >= 11 is 4.57. The van der Waals surface area contributed by atoms with Crippen molar-refractivity contribution in [2.45, 2.75) is 17.4 Å². The molecule has 1 unspecified atom stereocenters. The number of ether oxygens (including phenoxy) is 2. The van der Waals surface area contributed by atoms with Gasteiger partial charge in [-0.05, 0) is 11.6 Å². The van der Waals surface area contributed by atoms with Gasteiger partial charge in [-0.3, -0.25) is 0 Å². The van der Waals surface area contributed by atoms with Crippen LogP contribution in [0.1, 0.15) is 0 Å². The largest absolute Gasteiger partial charge is 0.517 e. The van der Waals surface area contributed by atoms with E-state index in [0.29, 0.717) is 6.26 Å². The molecule has 0 radical (unpaired) electrons. The third-order valence-electron chi connectivity index (χ3n) is 1.46. The molecular weight excluding hydrogens is 351 g/mol. The Kier molecular flexibility index (Phi) is 5.96. The first-order chi connectivity index (χ1) is 9.21. The molecule has 0 spiro atoms. The van der Waals surface area contributed by atoms with Gasteiger partial charge in [-0.15, -0.1) is 0 Å². The fourth-order valence-electron chi connectivity index (χ4n) is 0.576. The topological polar surface area (TPSA) is 35.5 Å². The van der Waals surface area contributed by atoms with Crippen molar-refractivity contribution in [3.63, 3.8) is 0 Å². The van der Waals surface area contributed by atoms with Gasteiger partial charge < -0.3 is 9.47 Å². The zero-order valence-electron chi connectivity index (χ0n) is 9.16. The van der Waals surface area contributed by atoms with Gasteiger partial charge in [0.15, 0.2) is 0 Å². The smallest absolute Gasteiger partial charge is 0.403 e. The Hall–Kier alpha value is -1.59. The molecule has 0 aromatic carbocycles. The van der Waals surface area contributed by atoms with E-state index in [1.165, 1.54) is 0 Å². The highest BCUT2D eigenvalue weighted by Gasteiger charge is 2.57. The maximum absolute atomic E-state index is 12.6. The maximum Gasteiger partial charge on any atom is 0.517 e. The SMILES string of the molecule is FC(F)=C(F)C(F)(F)F.O=C1OC=CC(F)(F)C(F)(Cl)O1. The van der Waals surface area contributed by atoms with E-state index in [-0.39, 0.29) is 6.08 Å². The lowest BCUT2D eigenvalue weighted by atomic mass is 10.3. The predicted molar refractivity (Wildman–Crippen MR) is 47.8 cm³/mol. The van der Waals surface area contributed by atoms with Crippen molar-refractivity contribution in [1.82, 2.24) is 0 Å². The minimum Gasteiger partial charge on any atom is -0.403 e. The van der Waals surface area contributed by atoms with Crippen molar-refractivity contribution in [3.8, 4) is 0 Å². The van der Waals surface area contributed by atoms with E-state index in [1.807, 2.05) is 0 Å². The zero-order chi connectivity index (χ0) is 17.1. The minimum absolute atomic E-state index is 0.00903. The van der Waals surface area contributed by atoms with Crippen LogP contribution in [0.25, 0.3) is 0 Å². The highest BCUT2D eigenvalue weighted by molar-refractivity contribution is 6.23. The molecule has 1 heterocycles. The second-order valence-electron chi connectivity index (χ2n) is 2.98. The lowest BCUT2D eigenvalue weighted by Gasteiger charge is -2.21. The highest BCUT2D eigenvalue weighted by atomic mass is 35.5. The van der Waals surface area contributed by atoms with Gasteiger partial charge in [0.05, 0.1) is 0 Å². The van der Waals surface area contributed by atoms with Crippen LogP contribution in [0.2, 0.25) is 0 Å². The Morgan fingerprint density at radius 3 is 1.95 bits per heavy atom. The van der Waals surface area contributed by atoms with Gasteiger partial charge in [-0.25, -0.2) is 4.79 Å². The summed E-state index contributed by atoms with van der Waals surface area (Å²) in [6.45, 7) is 0. The molecule has 0 saturated heterocycles. The van der Waals surface area contributed by atoms with Gasteiger partial charge in [0.2, 0.25) is 0 Å². The molecule has 13 heteroatoms. The van der Waals surface area contributed by atoms with Gasteiger partial charge in [0.1, 0.15) is 6.26 Å². The van der Waals surface area contributed by atoms with Crippen LogP contribution in [0.4, 0.5) is 44.3 Å². The molecule has 1 atom stereocenters. The molecule has 0 aromatic rings. The molecule has 21 heavy (non-hydrogen) atoms. The normalized spacial score (nSPS) is 24.0. The van der Waals surface area contributed by atoms with Crippen LogP contribution >= 0.6 is 11.6 Å². The van der Waals surface area contributed by atoms with Crippen LogP contribution in [0, 0.1) is 0 Å². The first kappa shape index (κ1) is 19.4. The Labute approximate surface area is 114 Å². The standard InChI is InChI=1S/C5H2ClF3O3.C3F6/c6-5(9)4(7,8)1-2-11-3(10)12-5;4-1(2(5)6)3(7,8)9/h1-2H;. The molecule has 0 amide bonds. The van der Waals surface area contributed by atoms with E-state index >= 15 is 0 Å². The molecule has 0 saturated carbocycles. The average molecular weight is 353 g/mol. The summed E-state index contributed by atoms with van der Waals surface area (Å²) in [6.07, 6.45) is -10.2. The quantitative estimate of drug-likeness (QED) is 0.357. The molecule has 1 aliphatic rings. The lowest BCUT2D eigenvalue weighted by molar-refractivity contribution is -0.173. The van der Waals surface area contributed by atoms with Crippen LogP contribution in [0.15, 0.2) is 24.2 Å². The van der Waals surface area contributed by atoms with E-state index < -0.39 is 35.5 Å². The Balaban J connectivity index is 0.000000400. The van der Waals surface area contributed by atoms with E-state index in [9.17, 15) is 44.3 Å². The molecule has 122 valence electrons. The number of halogens is 10. The second kappa shape index (κ2) is 6.45. The number of hydrogen-bond acceptors (Lipinski definition) is 3. The molecule has 1 rings (SSSR count). The maximum atomic E-state index is 12.6. The molecule has 0 bridgehead atoms. The van der Waals surface area contributed by atoms with Crippen molar-refractivity contribution < 1.29 is 53.8 Å². The van der Waals surface area contributed by atoms with Gasteiger partial charge in [0, 0.05) is 6.08 Å². The summed E-state index contributed by atoms with van der Waals surface area (Å²) in [5.74, 6) is -7.44. The Bertz CT molecular complexity index is 450. The molecule has 0 N–H and O–H groups in total. The van der Waals surface area contributed by atoms with Gasteiger partial charge >= 0.3 is 29.6 Å². The zero-order valence-corrected chi connectivity index (χ0v) is 9.92. The number of allylic oxidation sites excluding steroid dienone is 1. The number of carbonyl (C=O) groups excluding carboxylic acids is 1. The van der Waals surface area contributed by atoms with Crippen LogP contribution < -0.4 is 0 Å². The fourth-order valence-corrected chi connectivity index (χ4v) is 0.702. The number of hydrogen-bond donors (Lipinski definition) is 0. The minimum atomic E-state index is -5.56. The van der Waals surface area contributed by atoms with E-state index in [1.54, 1.807) is 0 Å². The van der Waals surface area contributed by atoms with Crippen molar-refractivity contribution in [2.24, 2.45) is 0 Å². The number of rotatable bonds is 0. The molecule has 0 fully saturated rings. The molecule has 0 aliphatic carbocycles. The summed E-state index contributed by atoms with van der Waals surface area (Å²) < 4.78 is 110. The van der Waals surface area contributed by atoms with Crippen LogP contribution in [0.3, 0.4) is 0 Å². The highest BCUT2D eigenvalue weighted by Crippen LogP contribution is 2.40. The third kappa shape index (κ3) is 5.73. The fraction of sp³-hybridized carbons (Fsp3) is 0.375. The van der Waals surface area contributed by atoms with Crippen LogP contribution in [-0.2, 0) is 9.47 Å².